The second-order valence-electron chi connectivity index (χ2n) is 4.62. The maximum Gasteiger partial charge on any atom is 0.254 e. The fraction of sp³-hybridized carbons (Fsp3) is 0.312. The van der Waals surface area contributed by atoms with E-state index in [0.29, 0.717) is 36.7 Å². The van der Waals surface area contributed by atoms with E-state index in [1.807, 2.05) is 19.9 Å². The Morgan fingerprint density at radius 1 is 1.33 bits per heavy atom. The van der Waals surface area contributed by atoms with Crippen molar-refractivity contribution in [1.82, 2.24) is 4.90 Å². The molecule has 0 spiro atoms. The van der Waals surface area contributed by atoms with Crippen LogP contribution in [0.4, 0.5) is 5.69 Å². The second kappa shape index (κ2) is 6.83. The highest BCUT2D eigenvalue weighted by atomic mass is 16.5. The van der Waals surface area contributed by atoms with Gasteiger partial charge < -0.3 is 19.8 Å². The summed E-state index contributed by atoms with van der Waals surface area (Å²) in [7, 11) is 0. The molecule has 0 radical (unpaired) electrons. The van der Waals surface area contributed by atoms with Gasteiger partial charge in [-0.25, -0.2) is 0 Å². The normalized spacial score (nSPS) is 10.4. The van der Waals surface area contributed by atoms with E-state index >= 15 is 0 Å². The number of ether oxygens (including phenoxy) is 1. The van der Waals surface area contributed by atoms with Crippen molar-refractivity contribution in [2.45, 2.75) is 20.4 Å². The lowest BCUT2D eigenvalue weighted by atomic mass is 10.1. The molecule has 0 saturated heterocycles. The zero-order valence-electron chi connectivity index (χ0n) is 12.3. The summed E-state index contributed by atoms with van der Waals surface area (Å²) >= 11 is 0. The van der Waals surface area contributed by atoms with Crippen molar-refractivity contribution in [2.75, 3.05) is 18.9 Å². The maximum atomic E-state index is 12.6. The number of carbonyl (C=O) groups excluding carboxylic acids is 1. The van der Waals surface area contributed by atoms with Gasteiger partial charge in [-0.1, -0.05) is 0 Å². The quantitative estimate of drug-likeness (QED) is 0.830. The maximum absolute atomic E-state index is 12.6. The molecule has 0 unspecified atom stereocenters. The van der Waals surface area contributed by atoms with E-state index in [1.165, 1.54) is 0 Å². The number of hydrogen-bond donors (Lipinski definition) is 1. The van der Waals surface area contributed by atoms with E-state index in [9.17, 15) is 4.79 Å². The molecule has 0 fully saturated rings. The van der Waals surface area contributed by atoms with E-state index < -0.39 is 0 Å². The van der Waals surface area contributed by atoms with Crippen molar-refractivity contribution in [2.24, 2.45) is 0 Å². The van der Waals surface area contributed by atoms with Crippen LogP contribution in [0.2, 0.25) is 0 Å². The van der Waals surface area contributed by atoms with E-state index in [-0.39, 0.29) is 5.91 Å². The van der Waals surface area contributed by atoms with Crippen molar-refractivity contribution in [3.63, 3.8) is 0 Å². The van der Waals surface area contributed by atoms with Crippen LogP contribution in [0.3, 0.4) is 0 Å². The van der Waals surface area contributed by atoms with E-state index in [0.717, 1.165) is 5.76 Å². The van der Waals surface area contributed by atoms with E-state index in [4.69, 9.17) is 14.9 Å². The summed E-state index contributed by atoms with van der Waals surface area (Å²) in [4.78, 5) is 14.3. The third-order valence-corrected chi connectivity index (χ3v) is 3.08. The van der Waals surface area contributed by atoms with Crippen LogP contribution in [0.15, 0.2) is 41.0 Å². The molecule has 21 heavy (non-hydrogen) atoms. The molecule has 1 heterocycles. The first-order valence-corrected chi connectivity index (χ1v) is 6.99. The monoisotopic (exact) mass is 288 g/mol. The predicted molar refractivity (Wildman–Crippen MR) is 81.1 cm³/mol. The van der Waals surface area contributed by atoms with Crippen molar-refractivity contribution in [3.8, 4) is 5.75 Å². The number of nitrogens with zero attached hydrogens (tertiary/aromatic N) is 1. The molecule has 5 nitrogen and oxygen atoms in total. The molecule has 2 N–H and O–H groups in total. The molecular formula is C16H20N2O3. The standard InChI is InChI=1S/C16H20N2O3/c1-3-18(11-14-6-5-7-21-14)16(19)12-8-13(17)10-15(9-12)20-4-2/h5-10H,3-4,11,17H2,1-2H3. The highest BCUT2D eigenvalue weighted by Crippen LogP contribution is 2.21. The molecule has 2 aromatic rings. The number of carbonyl (C=O) groups is 1. The minimum atomic E-state index is -0.0952. The lowest BCUT2D eigenvalue weighted by molar-refractivity contribution is 0.0741. The Bertz CT molecular complexity index is 594. The molecule has 1 aromatic carbocycles. The van der Waals surface area contributed by atoms with Crippen molar-refractivity contribution in [1.29, 1.82) is 0 Å². The summed E-state index contributed by atoms with van der Waals surface area (Å²) in [6.45, 7) is 5.36. The van der Waals surface area contributed by atoms with Crippen LogP contribution in [-0.4, -0.2) is 24.0 Å². The fourth-order valence-electron chi connectivity index (χ4n) is 2.10. The molecule has 0 atom stereocenters. The van der Waals surface area contributed by atoms with Gasteiger partial charge in [0.05, 0.1) is 19.4 Å². The first-order chi connectivity index (χ1) is 10.1. The topological polar surface area (TPSA) is 68.7 Å². The molecule has 0 saturated carbocycles. The average molecular weight is 288 g/mol. The van der Waals surface area contributed by atoms with Crippen molar-refractivity contribution >= 4 is 11.6 Å². The molecule has 1 aromatic heterocycles. The summed E-state index contributed by atoms with van der Waals surface area (Å²) < 4.78 is 10.7. The first-order valence-electron chi connectivity index (χ1n) is 6.99. The number of nitrogens with two attached hydrogens (primary N) is 1. The number of furan rings is 1. The minimum absolute atomic E-state index is 0.0952. The Morgan fingerprint density at radius 3 is 2.76 bits per heavy atom. The molecule has 2 rings (SSSR count). The summed E-state index contributed by atoms with van der Waals surface area (Å²) in [5.41, 5.74) is 6.87. The molecule has 0 bridgehead atoms. The van der Waals surface area contributed by atoms with Crippen molar-refractivity contribution < 1.29 is 13.9 Å². The van der Waals surface area contributed by atoms with Gasteiger partial charge in [0.15, 0.2) is 0 Å². The number of nitrogen functional groups attached to an aromatic ring is 1. The molecule has 0 aliphatic rings. The van der Waals surface area contributed by atoms with Gasteiger partial charge in [0.1, 0.15) is 11.5 Å². The van der Waals surface area contributed by atoms with Gasteiger partial charge in [0, 0.05) is 23.9 Å². The SMILES string of the molecule is CCOc1cc(N)cc(C(=O)N(CC)Cc2ccco2)c1. The smallest absolute Gasteiger partial charge is 0.254 e. The van der Waals surface area contributed by atoms with Gasteiger partial charge in [-0.05, 0) is 38.1 Å². The average Bonchev–Trinajstić information content (AvgIpc) is 2.96. The largest absolute Gasteiger partial charge is 0.494 e. The highest BCUT2D eigenvalue weighted by molar-refractivity contribution is 5.95. The fourth-order valence-corrected chi connectivity index (χ4v) is 2.10. The Kier molecular flexibility index (Phi) is 4.87. The van der Waals surface area contributed by atoms with Crippen LogP contribution in [-0.2, 0) is 6.54 Å². The van der Waals surface area contributed by atoms with Gasteiger partial charge >= 0.3 is 0 Å². The van der Waals surface area contributed by atoms with Crippen LogP contribution in [0.5, 0.6) is 5.75 Å². The Labute approximate surface area is 124 Å². The molecule has 0 aliphatic carbocycles. The molecule has 1 amide bonds. The van der Waals surface area contributed by atoms with Gasteiger partial charge in [-0.3, -0.25) is 4.79 Å². The molecule has 5 heteroatoms. The number of hydrogen-bond acceptors (Lipinski definition) is 4. The third-order valence-electron chi connectivity index (χ3n) is 3.08. The third kappa shape index (κ3) is 3.78. The Morgan fingerprint density at radius 2 is 2.14 bits per heavy atom. The zero-order valence-corrected chi connectivity index (χ0v) is 12.3. The Balaban J connectivity index is 2.20. The summed E-state index contributed by atoms with van der Waals surface area (Å²) in [5.74, 6) is 1.26. The van der Waals surface area contributed by atoms with Crippen LogP contribution in [0, 0.1) is 0 Å². The van der Waals surface area contributed by atoms with Crippen LogP contribution in [0.25, 0.3) is 0 Å². The summed E-state index contributed by atoms with van der Waals surface area (Å²) in [6.07, 6.45) is 1.60. The highest BCUT2D eigenvalue weighted by Gasteiger charge is 2.17. The summed E-state index contributed by atoms with van der Waals surface area (Å²) in [6, 6.07) is 8.74. The van der Waals surface area contributed by atoms with Crippen LogP contribution < -0.4 is 10.5 Å². The van der Waals surface area contributed by atoms with Crippen molar-refractivity contribution in [3.05, 3.63) is 47.9 Å². The van der Waals surface area contributed by atoms with Gasteiger partial charge in [0.25, 0.3) is 5.91 Å². The predicted octanol–water partition coefficient (Wildman–Crippen LogP) is 2.92. The Hall–Kier alpha value is -2.43. The first kappa shape index (κ1) is 15.0. The number of benzene rings is 1. The van der Waals surface area contributed by atoms with E-state index in [2.05, 4.69) is 0 Å². The molecule has 0 aliphatic heterocycles. The molecule has 112 valence electrons. The molecular weight excluding hydrogens is 268 g/mol. The number of amides is 1. The van der Waals surface area contributed by atoms with E-state index in [1.54, 1.807) is 35.4 Å². The summed E-state index contributed by atoms with van der Waals surface area (Å²) in [5, 5.41) is 0. The minimum Gasteiger partial charge on any atom is -0.494 e. The number of rotatable bonds is 6. The lowest BCUT2D eigenvalue weighted by Crippen LogP contribution is -2.30. The van der Waals surface area contributed by atoms with Gasteiger partial charge in [-0.2, -0.15) is 0 Å². The zero-order chi connectivity index (χ0) is 15.2. The van der Waals surface area contributed by atoms with Crippen LogP contribution in [0.1, 0.15) is 30.0 Å². The number of anilines is 1. The van der Waals surface area contributed by atoms with Crippen LogP contribution >= 0.6 is 0 Å². The van der Waals surface area contributed by atoms with Gasteiger partial charge in [0.2, 0.25) is 0 Å². The lowest BCUT2D eigenvalue weighted by Gasteiger charge is -2.20. The second-order valence-corrected chi connectivity index (χ2v) is 4.62. The van der Waals surface area contributed by atoms with Gasteiger partial charge in [-0.15, -0.1) is 0 Å².